The molecule has 7 heteroatoms. The third kappa shape index (κ3) is 5.41. The lowest BCUT2D eigenvalue weighted by Gasteiger charge is -2.08. The quantitative estimate of drug-likeness (QED) is 0.392. The zero-order valence-corrected chi connectivity index (χ0v) is 19.4. The van der Waals surface area contributed by atoms with Crippen molar-refractivity contribution in [2.75, 3.05) is 12.4 Å². The number of carbonyl (C=O) groups excluding carboxylic acids is 2. The predicted molar refractivity (Wildman–Crippen MR) is 135 cm³/mol. The van der Waals surface area contributed by atoms with E-state index in [1.807, 2.05) is 54.6 Å². The van der Waals surface area contributed by atoms with Gasteiger partial charge in [-0.3, -0.25) is 14.3 Å². The number of hydrogen-bond donors (Lipinski definition) is 2. The second-order valence-electron chi connectivity index (χ2n) is 8.59. The molecule has 1 fully saturated rings. The van der Waals surface area contributed by atoms with Crippen molar-refractivity contribution in [2.45, 2.75) is 25.4 Å². The van der Waals surface area contributed by atoms with Gasteiger partial charge in [-0.2, -0.15) is 5.10 Å². The van der Waals surface area contributed by atoms with Crippen molar-refractivity contribution >= 4 is 17.5 Å². The van der Waals surface area contributed by atoms with E-state index in [2.05, 4.69) is 10.6 Å². The number of amides is 2. The first-order valence-electron chi connectivity index (χ1n) is 11.6. The summed E-state index contributed by atoms with van der Waals surface area (Å²) < 4.78 is 7.03. The molecule has 0 aliphatic heterocycles. The van der Waals surface area contributed by atoms with Crippen LogP contribution in [0.5, 0.6) is 5.75 Å². The number of hydrogen-bond acceptors (Lipinski definition) is 4. The maximum Gasteiger partial charge on any atom is 0.259 e. The van der Waals surface area contributed by atoms with Gasteiger partial charge in [-0.05, 0) is 60.9 Å². The van der Waals surface area contributed by atoms with Crippen LogP contribution in [0.4, 0.5) is 5.69 Å². The van der Waals surface area contributed by atoms with Crippen LogP contribution < -0.4 is 15.4 Å². The Kier molecular flexibility index (Phi) is 6.30. The number of rotatable bonds is 8. The van der Waals surface area contributed by atoms with Crippen molar-refractivity contribution in [3.05, 3.63) is 102 Å². The summed E-state index contributed by atoms with van der Waals surface area (Å²) in [4.78, 5) is 25.8. The number of carbonyl (C=O) groups is 2. The molecule has 0 bridgehead atoms. The van der Waals surface area contributed by atoms with E-state index in [0.29, 0.717) is 29.1 Å². The van der Waals surface area contributed by atoms with Crippen molar-refractivity contribution in [3.8, 4) is 17.0 Å². The van der Waals surface area contributed by atoms with E-state index in [-0.39, 0.29) is 17.9 Å². The number of benzene rings is 3. The largest absolute Gasteiger partial charge is 0.497 e. The van der Waals surface area contributed by atoms with Crippen molar-refractivity contribution in [3.63, 3.8) is 0 Å². The SMILES string of the molecule is COc1ccc(-c2nn(Cc3ccccc3)cc2C(=O)Nc2cccc(C(=O)NC3CC3)c2)cc1. The molecule has 0 unspecified atom stereocenters. The molecule has 2 N–H and O–H groups in total. The van der Waals surface area contributed by atoms with Gasteiger partial charge >= 0.3 is 0 Å². The molecule has 1 aromatic heterocycles. The molecule has 1 saturated carbocycles. The Morgan fingerprint density at radius 2 is 1.74 bits per heavy atom. The average Bonchev–Trinajstić information content (AvgIpc) is 3.61. The van der Waals surface area contributed by atoms with E-state index in [4.69, 9.17) is 9.84 Å². The van der Waals surface area contributed by atoms with E-state index in [9.17, 15) is 9.59 Å². The molecule has 0 atom stereocenters. The highest BCUT2D eigenvalue weighted by molar-refractivity contribution is 6.08. The summed E-state index contributed by atoms with van der Waals surface area (Å²) in [5, 5.41) is 10.6. The predicted octanol–water partition coefficient (Wildman–Crippen LogP) is 4.75. The van der Waals surface area contributed by atoms with Crippen LogP contribution in [-0.4, -0.2) is 34.7 Å². The van der Waals surface area contributed by atoms with E-state index >= 15 is 0 Å². The summed E-state index contributed by atoms with van der Waals surface area (Å²) in [5.74, 6) is 0.304. The second kappa shape index (κ2) is 9.85. The topological polar surface area (TPSA) is 85.2 Å². The lowest BCUT2D eigenvalue weighted by Crippen LogP contribution is -2.25. The molecule has 0 saturated heterocycles. The highest BCUT2D eigenvalue weighted by Gasteiger charge is 2.24. The maximum absolute atomic E-state index is 13.4. The standard InChI is InChI=1S/C28H26N4O3/c1-35-24-14-10-20(11-15-24)26-25(18-32(31-26)17-19-6-3-2-4-7-19)28(34)30-23-9-5-8-21(16-23)27(33)29-22-12-13-22/h2-11,14-16,18,22H,12-13,17H2,1H3,(H,29,33)(H,30,34). The zero-order valence-electron chi connectivity index (χ0n) is 19.4. The normalized spacial score (nSPS) is 12.7. The van der Waals surface area contributed by atoms with Crippen LogP contribution in [0, 0.1) is 0 Å². The molecule has 0 spiro atoms. The van der Waals surface area contributed by atoms with Crippen LogP contribution in [0.3, 0.4) is 0 Å². The highest BCUT2D eigenvalue weighted by Crippen LogP contribution is 2.26. The van der Waals surface area contributed by atoms with Gasteiger partial charge in [0.25, 0.3) is 11.8 Å². The van der Waals surface area contributed by atoms with Gasteiger partial charge in [-0.15, -0.1) is 0 Å². The van der Waals surface area contributed by atoms with Crippen LogP contribution in [0.15, 0.2) is 85.1 Å². The molecule has 7 nitrogen and oxygen atoms in total. The first kappa shape index (κ1) is 22.4. The fourth-order valence-electron chi connectivity index (χ4n) is 3.83. The molecule has 1 heterocycles. The Bertz CT molecular complexity index is 1340. The highest BCUT2D eigenvalue weighted by atomic mass is 16.5. The number of methoxy groups -OCH3 is 1. The Balaban J connectivity index is 1.42. The molecule has 35 heavy (non-hydrogen) atoms. The average molecular weight is 467 g/mol. The number of nitrogens with one attached hydrogen (secondary N) is 2. The number of ether oxygens (including phenoxy) is 1. The third-order valence-corrected chi connectivity index (χ3v) is 5.85. The molecule has 3 aromatic carbocycles. The third-order valence-electron chi connectivity index (χ3n) is 5.85. The Morgan fingerprint density at radius 3 is 2.46 bits per heavy atom. The second-order valence-corrected chi connectivity index (χ2v) is 8.59. The first-order valence-corrected chi connectivity index (χ1v) is 11.6. The Morgan fingerprint density at radius 1 is 0.971 bits per heavy atom. The van der Waals surface area contributed by atoms with Gasteiger partial charge in [0.2, 0.25) is 0 Å². The minimum atomic E-state index is -0.296. The monoisotopic (exact) mass is 466 g/mol. The van der Waals surface area contributed by atoms with Gasteiger partial charge < -0.3 is 15.4 Å². The van der Waals surface area contributed by atoms with E-state index in [1.165, 1.54) is 0 Å². The molecule has 1 aliphatic carbocycles. The fourth-order valence-corrected chi connectivity index (χ4v) is 3.83. The van der Waals surface area contributed by atoms with E-state index < -0.39 is 0 Å². The fraction of sp³-hybridized carbons (Fsp3) is 0.179. The molecule has 5 rings (SSSR count). The maximum atomic E-state index is 13.4. The molecule has 1 aliphatic rings. The van der Waals surface area contributed by atoms with Gasteiger partial charge in [0.1, 0.15) is 11.4 Å². The molecule has 4 aromatic rings. The van der Waals surface area contributed by atoms with Gasteiger partial charge in [-0.1, -0.05) is 36.4 Å². The van der Waals surface area contributed by atoms with Crippen LogP contribution in [0.25, 0.3) is 11.3 Å². The summed E-state index contributed by atoms with van der Waals surface area (Å²) >= 11 is 0. The minimum Gasteiger partial charge on any atom is -0.497 e. The van der Waals surface area contributed by atoms with Crippen molar-refractivity contribution in [2.24, 2.45) is 0 Å². The molecule has 0 radical (unpaired) electrons. The lowest BCUT2D eigenvalue weighted by molar-refractivity contribution is 0.0949. The molecular weight excluding hydrogens is 440 g/mol. The van der Waals surface area contributed by atoms with Gasteiger partial charge in [0, 0.05) is 29.1 Å². The van der Waals surface area contributed by atoms with Crippen molar-refractivity contribution in [1.82, 2.24) is 15.1 Å². The van der Waals surface area contributed by atoms with Crippen LogP contribution in [0.2, 0.25) is 0 Å². The summed E-state index contributed by atoms with van der Waals surface area (Å²) in [6, 6.07) is 24.6. The number of aromatic nitrogens is 2. The zero-order chi connectivity index (χ0) is 24.2. The van der Waals surface area contributed by atoms with Crippen LogP contribution in [0.1, 0.15) is 39.1 Å². The Hall–Kier alpha value is -4.39. The smallest absolute Gasteiger partial charge is 0.259 e. The summed E-state index contributed by atoms with van der Waals surface area (Å²) in [7, 11) is 1.61. The van der Waals surface area contributed by atoms with Crippen molar-refractivity contribution in [1.29, 1.82) is 0 Å². The van der Waals surface area contributed by atoms with Gasteiger partial charge in [0.05, 0.1) is 19.2 Å². The summed E-state index contributed by atoms with van der Waals surface area (Å²) in [5.41, 5.74) is 3.97. The van der Waals surface area contributed by atoms with Crippen molar-refractivity contribution < 1.29 is 14.3 Å². The molecule has 176 valence electrons. The number of anilines is 1. The molecule has 2 amide bonds. The Labute approximate surface area is 203 Å². The minimum absolute atomic E-state index is 0.127. The first-order chi connectivity index (χ1) is 17.1. The molecular formula is C28H26N4O3. The summed E-state index contributed by atoms with van der Waals surface area (Å²) in [6.07, 6.45) is 3.79. The van der Waals surface area contributed by atoms with Crippen LogP contribution >= 0.6 is 0 Å². The van der Waals surface area contributed by atoms with Gasteiger partial charge in [0.15, 0.2) is 0 Å². The van der Waals surface area contributed by atoms with Gasteiger partial charge in [-0.25, -0.2) is 0 Å². The van der Waals surface area contributed by atoms with E-state index in [0.717, 1.165) is 29.7 Å². The van der Waals surface area contributed by atoms with Crippen LogP contribution in [-0.2, 0) is 6.54 Å². The lowest BCUT2D eigenvalue weighted by atomic mass is 10.1. The summed E-state index contributed by atoms with van der Waals surface area (Å²) in [6.45, 7) is 0.536. The number of nitrogens with zero attached hydrogens (tertiary/aromatic N) is 2. The van der Waals surface area contributed by atoms with E-state index in [1.54, 1.807) is 42.3 Å².